The third kappa shape index (κ3) is 2.13. The van der Waals surface area contributed by atoms with Gasteiger partial charge in [0.2, 0.25) is 0 Å². The van der Waals surface area contributed by atoms with Crippen LogP contribution < -0.4 is 0 Å². The standard InChI is InChI=1S/C13H24O3/c1-2-3-4-5-13(15-10-11-16-13)12(6-7-12)8-9-14/h14H,2-11H2,1H3. The molecular weight excluding hydrogens is 204 g/mol. The van der Waals surface area contributed by atoms with Gasteiger partial charge in [-0.2, -0.15) is 0 Å². The second-order valence-corrected chi connectivity index (χ2v) is 5.16. The summed E-state index contributed by atoms with van der Waals surface area (Å²) in [5, 5.41) is 9.18. The minimum absolute atomic E-state index is 0.131. The number of aliphatic hydroxyl groups excluding tert-OH is 1. The van der Waals surface area contributed by atoms with Crippen LogP contribution in [-0.2, 0) is 9.47 Å². The van der Waals surface area contributed by atoms with E-state index in [2.05, 4.69) is 6.92 Å². The monoisotopic (exact) mass is 228 g/mol. The Morgan fingerprint density at radius 2 is 1.75 bits per heavy atom. The molecule has 0 unspecified atom stereocenters. The van der Waals surface area contributed by atoms with Gasteiger partial charge in [0.05, 0.1) is 13.2 Å². The summed E-state index contributed by atoms with van der Waals surface area (Å²) in [6, 6.07) is 0. The molecule has 0 atom stereocenters. The van der Waals surface area contributed by atoms with Crippen molar-refractivity contribution in [2.75, 3.05) is 19.8 Å². The molecule has 0 bridgehead atoms. The van der Waals surface area contributed by atoms with Crippen molar-refractivity contribution in [1.29, 1.82) is 0 Å². The van der Waals surface area contributed by atoms with Crippen molar-refractivity contribution in [3.63, 3.8) is 0 Å². The van der Waals surface area contributed by atoms with Gasteiger partial charge in [-0.15, -0.1) is 0 Å². The number of aliphatic hydroxyl groups is 1. The van der Waals surface area contributed by atoms with Crippen LogP contribution in [0.4, 0.5) is 0 Å². The summed E-state index contributed by atoms with van der Waals surface area (Å²) in [7, 11) is 0. The predicted molar refractivity (Wildman–Crippen MR) is 62.1 cm³/mol. The van der Waals surface area contributed by atoms with Crippen molar-refractivity contribution in [2.24, 2.45) is 5.41 Å². The molecule has 1 N–H and O–H groups in total. The first-order valence-electron chi connectivity index (χ1n) is 6.67. The SMILES string of the molecule is CCCCCC1(C2(CCO)CC2)OCCO1. The molecule has 1 saturated carbocycles. The smallest absolute Gasteiger partial charge is 0.174 e. The zero-order chi connectivity index (χ0) is 11.5. The zero-order valence-electron chi connectivity index (χ0n) is 10.3. The maximum absolute atomic E-state index is 9.18. The number of unbranched alkanes of at least 4 members (excludes halogenated alkanes) is 2. The van der Waals surface area contributed by atoms with Crippen LogP contribution in [0.15, 0.2) is 0 Å². The maximum atomic E-state index is 9.18. The van der Waals surface area contributed by atoms with Gasteiger partial charge in [0, 0.05) is 18.4 Å². The molecule has 1 heterocycles. The van der Waals surface area contributed by atoms with Crippen LogP contribution in [0.2, 0.25) is 0 Å². The van der Waals surface area contributed by atoms with E-state index in [1.54, 1.807) is 0 Å². The van der Waals surface area contributed by atoms with Crippen LogP contribution in [0.5, 0.6) is 0 Å². The van der Waals surface area contributed by atoms with E-state index < -0.39 is 0 Å². The topological polar surface area (TPSA) is 38.7 Å². The summed E-state index contributed by atoms with van der Waals surface area (Å²) < 4.78 is 11.9. The van der Waals surface area contributed by atoms with Crippen molar-refractivity contribution in [1.82, 2.24) is 0 Å². The maximum Gasteiger partial charge on any atom is 0.174 e. The van der Waals surface area contributed by atoms with Crippen LogP contribution in [-0.4, -0.2) is 30.7 Å². The normalized spacial score (nSPS) is 25.9. The van der Waals surface area contributed by atoms with Crippen molar-refractivity contribution in [3.8, 4) is 0 Å². The number of rotatable bonds is 7. The highest BCUT2D eigenvalue weighted by Gasteiger charge is 2.61. The van der Waals surface area contributed by atoms with E-state index in [-0.39, 0.29) is 17.8 Å². The fourth-order valence-electron chi connectivity index (χ4n) is 2.96. The lowest BCUT2D eigenvalue weighted by Crippen LogP contribution is -2.41. The summed E-state index contributed by atoms with van der Waals surface area (Å²) in [6.45, 7) is 3.91. The number of ether oxygens (including phenoxy) is 2. The molecule has 3 heteroatoms. The van der Waals surface area contributed by atoms with E-state index >= 15 is 0 Å². The molecule has 1 saturated heterocycles. The van der Waals surface area contributed by atoms with Gasteiger partial charge in [0.1, 0.15) is 0 Å². The molecule has 0 amide bonds. The van der Waals surface area contributed by atoms with Gasteiger partial charge in [0.15, 0.2) is 5.79 Å². The van der Waals surface area contributed by atoms with E-state index in [1.807, 2.05) is 0 Å². The molecule has 0 aromatic carbocycles. The van der Waals surface area contributed by atoms with Gasteiger partial charge in [-0.3, -0.25) is 0 Å². The van der Waals surface area contributed by atoms with Crippen LogP contribution in [0, 0.1) is 5.41 Å². The van der Waals surface area contributed by atoms with Gasteiger partial charge in [-0.05, 0) is 25.7 Å². The van der Waals surface area contributed by atoms with E-state index in [4.69, 9.17) is 9.47 Å². The minimum atomic E-state index is -0.356. The van der Waals surface area contributed by atoms with Crippen molar-refractivity contribution in [2.45, 2.75) is 57.7 Å². The number of hydrogen-bond donors (Lipinski definition) is 1. The molecule has 0 radical (unpaired) electrons. The minimum Gasteiger partial charge on any atom is -0.396 e. The third-order valence-corrected chi connectivity index (χ3v) is 4.12. The molecule has 0 spiro atoms. The molecule has 0 aromatic heterocycles. The first-order chi connectivity index (χ1) is 7.79. The fraction of sp³-hybridized carbons (Fsp3) is 1.00. The van der Waals surface area contributed by atoms with Crippen molar-refractivity contribution < 1.29 is 14.6 Å². The molecule has 2 fully saturated rings. The molecule has 16 heavy (non-hydrogen) atoms. The van der Waals surface area contributed by atoms with Gasteiger partial charge >= 0.3 is 0 Å². The van der Waals surface area contributed by atoms with Crippen molar-refractivity contribution >= 4 is 0 Å². The van der Waals surface area contributed by atoms with E-state index in [0.717, 1.165) is 38.9 Å². The summed E-state index contributed by atoms with van der Waals surface area (Å²) in [5.41, 5.74) is 0.131. The number of hydrogen-bond acceptors (Lipinski definition) is 3. The first kappa shape index (κ1) is 12.3. The van der Waals surface area contributed by atoms with E-state index in [0.29, 0.717) is 0 Å². The first-order valence-corrected chi connectivity index (χ1v) is 6.67. The molecular formula is C13H24O3. The van der Waals surface area contributed by atoms with Gasteiger partial charge in [-0.1, -0.05) is 19.8 Å². The summed E-state index contributed by atoms with van der Waals surface area (Å²) in [4.78, 5) is 0. The average Bonchev–Trinajstić information content (AvgIpc) is 2.92. The van der Waals surface area contributed by atoms with Gasteiger partial charge < -0.3 is 14.6 Å². The Labute approximate surface area is 98.1 Å². The third-order valence-electron chi connectivity index (χ3n) is 4.12. The van der Waals surface area contributed by atoms with Gasteiger partial charge in [-0.25, -0.2) is 0 Å². The Balaban J connectivity index is 1.98. The van der Waals surface area contributed by atoms with E-state index in [9.17, 15) is 5.11 Å². The molecule has 2 rings (SSSR count). The Morgan fingerprint density at radius 3 is 2.25 bits per heavy atom. The summed E-state index contributed by atoms with van der Waals surface area (Å²) >= 11 is 0. The Morgan fingerprint density at radius 1 is 1.06 bits per heavy atom. The molecule has 2 aliphatic rings. The Bertz CT molecular complexity index is 217. The molecule has 94 valence electrons. The molecule has 3 nitrogen and oxygen atoms in total. The molecule has 0 aromatic rings. The highest BCUT2D eigenvalue weighted by Crippen LogP contribution is 2.61. The average molecular weight is 228 g/mol. The lowest BCUT2D eigenvalue weighted by atomic mass is 9.87. The van der Waals surface area contributed by atoms with Crippen LogP contribution in [0.3, 0.4) is 0 Å². The Hall–Kier alpha value is -0.120. The lowest BCUT2D eigenvalue weighted by molar-refractivity contribution is -0.215. The van der Waals surface area contributed by atoms with Gasteiger partial charge in [0.25, 0.3) is 0 Å². The second kappa shape index (κ2) is 5.03. The molecule has 1 aliphatic heterocycles. The fourth-order valence-corrected chi connectivity index (χ4v) is 2.96. The van der Waals surface area contributed by atoms with Crippen LogP contribution in [0.1, 0.15) is 51.9 Å². The quantitative estimate of drug-likeness (QED) is 0.680. The highest BCUT2D eigenvalue weighted by atomic mass is 16.7. The summed E-state index contributed by atoms with van der Waals surface area (Å²) in [5.74, 6) is -0.356. The highest BCUT2D eigenvalue weighted by molar-refractivity contribution is 5.05. The van der Waals surface area contributed by atoms with Crippen LogP contribution in [0.25, 0.3) is 0 Å². The van der Waals surface area contributed by atoms with Crippen molar-refractivity contribution in [3.05, 3.63) is 0 Å². The second-order valence-electron chi connectivity index (χ2n) is 5.16. The molecule has 1 aliphatic carbocycles. The Kier molecular flexibility index (Phi) is 3.88. The van der Waals surface area contributed by atoms with Crippen LogP contribution >= 0.6 is 0 Å². The summed E-state index contributed by atoms with van der Waals surface area (Å²) in [6.07, 6.45) is 7.77. The van der Waals surface area contributed by atoms with E-state index in [1.165, 1.54) is 19.3 Å². The largest absolute Gasteiger partial charge is 0.396 e. The predicted octanol–water partition coefficient (Wildman–Crippen LogP) is 2.47. The lowest BCUT2D eigenvalue weighted by Gasteiger charge is -2.36. The zero-order valence-corrected chi connectivity index (χ0v) is 10.3.